The van der Waals surface area contributed by atoms with Gasteiger partial charge in [-0.1, -0.05) is 206 Å². The smallest absolute Gasteiger partial charge is 0.462 e. The molecular weight excluding hydrogens is 1020 g/mol. The van der Waals surface area contributed by atoms with Crippen LogP contribution in [0.3, 0.4) is 0 Å². The molecule has 0 bridgehead atoms. The molecule has 6 atom stereocenters. The zero-order valence-corrected chi connectivity index (χ0v) is 44.5. The van der Waals surface area contributed by atoms with Crippen LogP contribution in [0.4, 0.5) is 0 Å². The summed E-state index contributed by atoms with van der Waals surface area (Å²) >= 11 is 15.5. The topological polar surface area (TPSA) is 108 Å². The summed E-state index contributed by atoms with van der Waals surface area (Å²) in [5.41, 5.74) is 0. The van der Waals surface area contributed by atoms with Crippen molar-refractivity contribution < 1.29 is 42.1 Å². The Balaban J connectivity index is 4.53. The van der Waals surface area contributed by atoms with E-state index in [0.29, 0.717) is 36.8 Å². The van der Waals surface area contributed by atoms with Crippen LogP contribution in [0.2, 0.25) is 0 Å². The summed E-state index contributed by atoms with van der Waals surface area (Å²) in [5.74, 6) is -0.829. The molecule has 0 heterocycles. The number of hydrogen-bond acceptors (Lipinski definition) is 7. The van der Waals surface area contributed by atoms with Gasteiger partial charge in [0, 0.05) is 32.2 Å². The lowest BCUT2D eigenvalue weighted by molar-refractivity contribution is -0.870. The molecule has 0 radical (unpaired) electrons. The molecule has 0 aromatic carbocycles. The normalized spacial score (nSPS) is 15.7. The lowest BCUT2D eigenvalue weighted by Gasteiger charge is -2.24. The van der Waals surface area contributed by atoms with Crippen molar-refractivity contribution in [2.24, 2.45) is 0 Å². The number of esters is 2. The van der Waals surface area contributed by atoms with Crippen LogP contribution in [0.1, 0.15) is 194 Å². The second-order valence-corrected chi connectivity index (χ2v) is 23.4. The van der Waals surface area contributed by atoms with Crippen LogP contribution >= 0.6 is 71.5 Å². The highest BCUT2D eigenvalue weighted by atomic mass is 79.9. The third-order valence-electron chi connectivity index (χ3n) is 10.3. The summed E-state index contributed by atoms with van der Waals surface area (Å²) in [6, 6.07) is 0. The first-order valence-electron chi connectivity index (χ1n) is 22.9. The molecule has 1 N–H and O–H groups in total. The molecule has 5 unspecified atom stereocenters. The summed E-state index contributed by atoms with van der Waals surface area (Å²) in [6.45, 7) is 4.37. The Labute approximate surface area is 389 Å². The average molecular weight is 1110 g/mol. The molecule has 0 aromatic rings. The maximum absolute atomic E-state index is 12.8. The number of phosphoric ester groups is 1. The van der Waals surface area contributed by atoms with E-state index in [1.54, 1.807) is 0 Å². The maximum Gasteiger partial charge on any atom is 0.472 e. The van der Waals surface area contributed by atoms with E-state index in [4.69, 9.17) is 18.5 Å². The van der Waals surface area contributed by atoms with Gasteiger partial charge in [-0.3, -0.25) is 18.6 Å². The third kappa shape index (κ3) is 38.6. The Kier molecular flexibility index (Phi) is 39.0. The van der Waals surface area contributed by atoms with Crippen LogP contribution in [-0.4, -0.2) is 94.2 Å². The van der Waals surface area contributed by atoms with Gasteiger partial charge in [0.2, 0.25) is 0 Å². The zero-order chi connectivity index (χ0) is 43.5. The first-order valence-corrected chi connectivity index (χ1v) is 28.1. The van der Waals surface area contributed by atoms with E-state index in [0.717, 1.165) is 70.6 Å². The van der Waals surface area contributed by atoms with E-state index in [9.17, 15) is 19.0 Å². The number of ether oxygens (including phenoxy) is 2. The summed E-state index contributed by atoms with van der Waals surface area (Å²) in [6.07, 6.45) is 29.8. The van der Waals surface area contributed by atoms with Gasteiger partial charge in [-0.25, -0.2) is 4.57 Å². The molecule has 0 spiro atoms. The minimum atomic E-state index is -4.39. The lowest BCUT2D eigenvalue weighted by Crippen LogP contribution is -2.37. The van der Waals surface area contributed by atoms with Crippen LogP contribution < -0.4 is 0 Å². The Morgan fingerprint density at radius 2 is 0.897 bits per heavy atom. The van der Waals surface area contributed by atoms with Gasteiger partial charge in [0.05, 0.1) is 27.7 Å². The van der Waals surface area contributed by atoms with Crippen LogP contribution in [0.5, 0.6) is 0 Å². The Hall–Kier alpha value is 0.930. The summed E-state index contributed by atoms with van der Waals surface area (Å²) in [7, 11) is 1.45. The number of rotatable bonds is 42. The minimum absolute atomic E-state index is 0.0237. The molecule has 0 rings (SSSR count). The van der Waals surface area contributed by atoms with Gasteiger partial charge in [-0.15, -0.1) is 0 Å². The number of phosphoric acid groups is 1. The fourth-order valence-corrected chi connectivity index (χ4v) is 9.60. The maximum atomic E-state index is 12.8. The van der Waals surface area contributed by atoms with E-state index >= 15 is 0 Å². The van der Waals surface area contributed by atoms with Crippen molar-refractivity contribution in [1.29, 1.82) is 0 Å². The number of halogens is 4. The van der Waals surface area contributed by atoms with Gasteiger partial charge in [0.15, 0.2) is 6.10 Å². The van der Waals surface area contributed by atoms with Crippen LogP contribution in [0, 0.1) is 0 Å². The van der Waals surface area contributed by atoms with Crippen molar-refractivity contribution in [2.75, 3.05) is 47.5 Å². The highest BCUT2D eigenvalue weighted by Crippen LogP contribution is 2.43. The van der Waals surface area contributed by atoms with E-state index in [1.807, 2.05) is 21.1 Å². The Bertz CT molecular complexity index is 1040. The van der Waals surface area contributed by atoms with Crippen molar-refractivity contribution in [3.05, 3.63) is 0 Å². The van der Waals surface area contributed by atoms with Crippen molar-refractivity contribution in [3.63, 3.8) is 0 Å². The molecule has 14 heteroatoms. The Morgan fingerprint density at radius 1 is 0.534 bits per heavy atom. The van der Waals surface area contributed by atoms with Gasteiger partial charge < -0.3 is 18.9 Å². The summed E-state index contributed by atoms with van der Waals surface area (Å²) in [4.78, 5) is 37.6. The number of likely N-dealkylation sites (N-methyl/N-ethyl adjacent to an activating group) is 1. The van der Waals surface area contributed by atoms with Crippen molar-refractivity contribution in [2.45, 2.75) is 219 Å². The number of quaternary nitrogens is 1. The monoisotopic (exact) mass is 1100 g/mol. The van der Waals surface area contributed by atoms with Crippen LogP contribution in [0.25, 0.3) is 0 Å². The predicted octanol–water partition coefficient (Wildman–Crippen LogP) is 14.3. The molecule has 0 saturated carbocycles. The molecular formula is C44H85Br4NO8P+. The number of carbonyl (C=O) groups is 2. The van der Waals surface area contributed by atoms with E-state index < -0.39 is 26.5 Å². The molecule has 58 heavy (non-hydrogen) atoms. The second kappa shape index (κ2) is 38.4. The van der Waals surface area contributed by atoms with Gasteiger partial charge in [0.25, 0.3) is 0 Å². The minimum Gasteiger partial charge on any atom is -0.462 e. The van der Waals surface area contributed by atoms with Crippen molar-refractivity contribution in [3.8, 4) is 0 Å². The van der Waals surface area contributed by atoms with Gasteiger partial charge >= 0.3 is 19.8 Å². The standard InChI is InChI=1S/C44H84Br4NO8P/c1-6-8-10-12-16-22-28-39(45)41(47)30-24-18-14-20-26-32-43(50)54-36-38(37-56-58(52,53)55-35-34-49(3,4)5)57-44(51)33-27-21-15-19-25-31-42(48)40(46)29-23-17-13-11-9-7-2/h38-42H,6-37H2,1-5H3/p+1/t38-,39?,40?,41?,42?/m1/s1. The van der Waals surface area contributed by atoms with Crippen LogP contribution in [0.15, 0.2) is 0 Å². The number of alkyl halides is 4. The van der Waals surface area contributed by atoms with Crippen molar-refractivity contribution >= 4 is 83.5 Å². The van der Waals surface area contributed by atoms with Gasteiger partial charge in [0.1, 0.15) is 19.8 Å². The van der Waals surface area contributed by atoms with E-state index in [1.165, 1.54) is 89.9 Å². The molecule has 9 nitrogen and oxygen atoms in total. The summed E-state index contributed by atoms with van der Waals surface area (Å²) in [5, 5.41) is 0. The largest absolute Gasteiger partial charge is 0.472 e. The SMILES string of the molecule is CCCCCCCCC(Br)C(Br)CCCCCCCC(=O)OC[C@H](COP(=O)(O)OCC[N+](C)(C)C)OC(=O)CCCCCCCC(Br)C(Br)CCCCCCCC. The molecule has 0 aliphatic rings. The first kappa shape index (κ1) is 58.9. The fourth-order valence-electron chi connectivity index (χ4n) is 6.50. The number of nitrogens with zero attached hydrogens (tertiary/aromatic N) is 1. The molecule has 0 saturated heterocycles. The number of unbranched alkanes of at least 4 members (excludes halogenated alkanes) is 18. The fraction of sp³-hybridized carbons (Fsp3) is 0.955. The van der Waals surface area contributed by atoms with Crippen LogP contribution in [-0.2, 0) is 32.7 Å². The molecule has 0 aliphatic heterocycles. The molecule has 0 fully saturated rings. The molecule has 0 amide bonds. The average Bonchev–Trinajstić information content (AvgIpc) is 3.16. The lowest BCUT2D eigenvalue weighted by atomic mass is 10.0. The number of hydrogen-bond donors (Lipinski definition) is 1. The van der Waals surface area contributed by atoms with E-state index in [2.05, 4.69) is 77.6 Å². The quantitative estimate of drug-likeness (QED) is 0.0212. The zero-order valence-electron chi connectivity index (χ0n) is 37.2. The van der Waals surface area contributed by atoms with Crippen molar-refractivity contribution in [1.82, 2.24) is 0 Å². The third-order valence-corrected chi connectivity index (χ3v) is 17.1. The first-order chi connectivity index (χ1) is 27.6. The Morgan fingerprint density at radius 3 is 1.29 bits per heavy atom. The van der Waals surface area contributed by atoms with Gasteiger partial charge in [-0.05, 0) is 38.5 Å². The second-order valence-electron chi connectivity index (χ2n) is 17.2. The molecule has 0 aromatic heterocycles. The summed E-state index contributed by atoms with van der Waals surface area (Å²) < 4.78 is 34.5. The molecule has 0 aliphatic carbocycles. The number of carbonyl (C=O) groups excluding carboxylic acids is 2. The highest BCUT2D eigenvalue weighted by molar-refractivity contribution is 9.12. The highest BCUT2D eigenvalue weighted by Gasteiger charge is 2.27. The molecule has 346 valence electrons. The van der Waals surface area contributed by atoms with E-state index in [-0.39, 0.29) is 32.0 Å². The predicted molar refractivity (Wildman–Crippen MR) is 257 cm³/mol. The van der Waals surface area contributed by atoms with Gasteiger partial charge in [-0.2, -0.15) is 0 Å².